The number of hydrogen-bond donors (Lipinski definition) is 2. The number of rotatable bonds is 4. The van der Waals surface area contributed by atoms with Crippen molar-refractivity contribution in [2.45, 2.75) is 52.1 Å². The smallest absolute Gasteiger partial charge is 0.224 e. The summed E-state index contributed by atoms with van der Waals surface area (Å²) in [5, 5.41) is 12.2. The van der Waals surface area contributed by atoms with E-state index in [0.717, 1.165) is 59.6 Å². The van der Waals surface area contributed by atoms with E-state index >= 15 is 0 Å². The van der Waals surface area contributed by atoms with Crippen LogP contribution in [0, 0.1) is 12.7 Å². The van der Waals surface area contributed by atoms with Crippen LogP contribution in [-0.2, 0) is 30.7 Å². The molecule has 0 radical (unpaired) electrons. The van der Waals surface area contributed by atoms with Crippen LogP contribution in [-0.4, -0.2) is 25.7 Å². The third-order valence-corrected chi connectivity index (χ3v) is 5.05. The lowest BCUT2D eigenvalue weighted by atomic mass is 10.1. The van der Waals surface area contributed by atoms with Crippen molar-refractivity contribution >= 4 is 16.8 Å². The van der Waals surface area contributed by atoms with Crippen LogP contribution in [0.25, 0.3) is 10.9 Å². The molecule has 136 valence electrons. The van der Waals surface area contributed by atoms with Gasteiger partial charge in [-0.1, -0.05) is 6.42 Å². The second-order valence-corrected chi connectivity index (χ2v) is 6.87. The molecule has 0 atom stereocenters. The van der Waals surface area contributed by atoms with Crippen molar-refractivity contribution in [1.29, 1.82) is 0 Å². The van der Waals surface area contributed by atoms with Crippen LogP contribution in [0.3, 0.4) is 0 Å². The van der Waals surface area contributed by atoms with Crippen LogP contribution in [0.4, 0.5) is 4.39 Å². The highest BCUT2D eigenvalue weighted by atomic mass is 19.1. The van der Waals surface area contributed by atoms with Gasteiger partial charge in [0.25, 0.3) is 0 Å². The molecule has 1 aromatic carbocycles. The van der Waals surface area contributed by atoms with Crippen LogP contribution in [0.1, 0.15) is 42.2 Å². The van der Waals surface area contributed by atoms with Crippen molar-refractivity contribution in [2.24, 2.45) is 0 Å². The predicted molar refractivity (Wildman–Crippen MR) is 96.1 cm³/mol. The maximum atomic E-state index is 13.6. The van der Waals surface area contributed by atoms with Gasteiger partial charge in [0.2, 0.25) is 5.91 Å². The minimum atomic E-state index is -0.302. The number of aromatic nitrogens is 4. The molecule has 0 aliphatic carbocycles. The molecule has 3 aromatic rings. The molecule has 0 unspecified atom stereocenters. The zero-order chi connectivity index (χ0) is 18.1. The number of hydrogen-bond acceptors (Lipinski definition) is 3. The Morgan fingerprint density at radius 2 is 2.19 bits per heavy atom. The van der Waals surface area contributed by atoms with Crippen LogP contribution < -0.4 is 5.32 Å². The average molecular weight is 355 g/mol. The summed E-state index contributed by atoms with van der Waals surface area (Å²) in [6.45, 7) is 3.18. The minimum absolute atomic E-state index is 0.107. The van der Waals surface area contributed by atoms with E-state index in [1.165, 1.54) is 18.6 Å². The molecule has 4 rings (SSSR count). The molecule has 0 bridgehead atoms. The molecule has 1 amide bonds. The number of amides is 1. The van der Waals surface area contributed by atoms with Gasteiger partial charge in [-0.05, 0) is 43.5 Å². The topological polar surface area (TPSA) is 75.6 Å². The molecule has 1 aliphatic rings. The van der Waals surface area contributed by atoms with Crippen LogP contribution >= 0.6 is 0 Å². The summed E-state index contributed by atoms with van der Waals surface area (Å²) in [6.07, 6.45) is 4.61. The van der Waals surface area contributed by atoms with E-state index in [1.54, 1.807) is 6.07 Å². The van der Waals surface area contributed by atoms with Crippen molar-refractivity contribution in [1.82, 2.24) is 25.1 Å². The van der Waals surface area contributed by atoms with Gasteiger partial charge >= 0.3 is 0 Å². The number of H-pyrrole nitrogens is 1. The van der Waals surface area contributed by atoms with Gasteiger partial charge in [-0.25, -0.2) is 4.39 Å². The molecule has 2 N–H and O–H groups in total. The number of halogens is 1. The lowest BCUT2D eigenvalue weighted by Gasteiger charge is -2.08. The highest BCUT2D eigenvalue weighted by Gasteiger charge is 2.17. The van der Waals surface area contributed by atoms with Crippen LogP contribution in [0.5, 0.6) is 0 Å². The maximum Gasteiger partial charge on any atom is 0.224 e. The Morgan fingerprint density at radius 3 is 3.08 bits per heavy atom. The van der Waals surface area contributed by atoms with Crippen molar-refractivity contribution in [3.8, 4) is 0 Å². The fourth-order valence-electron chi connectivity index (χ4n) is 3.66. The zero-order valence-electron chi connectivity index (χ0n) is 14.8. The van der Waals surface area contributed by atoms with E-state index in [9.17, 15) is 9.18 Å². The maximum absolute atomic E-state index is 13.6. The number of carbonyl (C=O) groups excluding carboxylic acids is 1. The number of nitrogens with one attached hydrogen (secondary N) is 2. The average Bonchev–Trinajstić information content (AvgIpc) is 3.04. The molecule has 1 aliphatic heterocycles. The van der Waals surface area contributed by atoms with Crippen molar-refractivity contribution in [3.05, 3.63) is 46.9 Å². The normalized spacial score (nSPS) is 14.2. The SMILES string of the molecule is Cc1[nH]c2ccc(F)cc2c1CC(=O)NCc1nnc2n1CCCCC2. The van der Waals surface area contributed by atoms with Crippen molar-refractivity contribution in [3.63, 3.8) is 0 Å². The summed E-state index contributed by atoms with van der Waals surface area (Å²) >= 11 is 0. The molecule has 26 heavy (non-hydrogen) atoms. The first-order valence-corrected chi connectivity index (χ1v) is 9.06. The second kappa shape index (κ2) is 6.90. The van der Waals surface area contributed by atoms with Gasteiger partial charge in [0, 0.05) is 29.6 Å². The zero-order valence-corrected chi connectivity index (χ0v) is 14.8. The van der Waals surface area contributed by atoms with Gasteiger partial charge in [0.05, 0.1) is 13.0 Å². The first-order valence-electron chi connectivity index (χ1n) is 9.06. The van der Waals surface area contributed by atoms with Crippen molar-refractivity contribution < 1.29 is 9.18 Å². The molecule has 0 fully saturated rings. The lowest BCUT2D eigenvalue weighted by Crippen LogP contribution is -2.26. The van der Waals surface area contributed by atoms with Gasteiger partial charge in [-0.2, -0.15) is 0 Å². The predicted octanol–water partition coefficient (Wildman–Crippen LogP) is 2.79. The van der Waals surface area contributed by atoms with Gasteiger partial charge in [-0.3, -0.25) is 4.79 Å². The van der Waals surface area contributed by atoms with E-state index in [4.69, 9.17) is 0 Å². The van der Waals surface area contributed by atoms with Gasteiger partial charge in [0.1, 0.15) is 11.6 Å². The van der Waals surface area contributed by atoms with E-state index < -0.39 is 0 Å². The van der Waals surface area contributed by atoms with Gasteiger partial charge in [-0.15, -0.1) is 10.2 Å². The van der Waals surface area contributed by atoms with E-state index in [2.05, 4.69) is 25.1 Å². The Kier molecular flexibility index (Phi) is 4.44. The molecule has 0 spiro atoms. The quantitative estimate of drug-likeness (QED) is 0.756. The highest BCUT2D eigenvalue weighted by molar-refractivity contribution is 5.90. The number of benzene rings is 1. The van der Waals surface area contributed by atoms with Gasteiger partial charge < -0.3 is 14.9 Å². The Morgan fingerprint density at radius 1 is 1.31 bits per heavy atom. The fourth-order valence-corrected chi connectivity index (χ4v) is 3.66. The third-order valence-electron chi connectivity index (χ3n) is 5.05. The largest absolute Gasteiger partial charge is 0.358 e. The molecule has 0 saturated carbocycles. The monoisotopic (exact) mass is 355 g/mol. The lowest BCUT2D eigenvalue weighted by molar-refractivity contribution is -0.120. The number of fused-ring (bicyclic) bond motifs is 2. The number of aromatic amines is 1. The van der Waals surface area contributed by atoms with Crippen LogP contribution in [0.15, 0.2) is 18.2 Å². The van der Waals surface area contributed by atoms with Crippen molar-refractivity contribution in [2.75, 3.05) is 0 Å². The fraction of sp³-hybridized carbons (Fsp3) is 0.421. The van der Waals surface area contributed by atoms with E-state index in [-0.39, 0.29) is 18.1 Å². The number of nitrogens with zero attached hydrogens (tertiary/aromatic N) is 3. The first kappa shape index (κ1) is 16.8. The Bertz CT molecular complexity index is 958. The highest BCUT2D eigenvalue weighted by Crippen LogP contribution is 2.23. The molecular formula is C19H22FN5O. The summed E-state index contributed by atoms with van der Waals surface area (Å²) in [6, 6.07) is 4.59. The number of aryl methyl sites for hydroxylation is 2. The molecule has 7 heteroatoms. The summed E-state index contributed by atoms with van der Waals surface area (Å²) in [5.74, 6) is 1.40. The minimum Gasteiger partial charge on any atom is -0.358 e. The Hall–Kier alpha value is -2.70. The molecule has 6 nitrogen and oxygen atoms in total. The third kappa shape index (κ3) is 3.21. The van der Waals surface area contributed by atoms with Crippen LogP contribution in [0.2, 0.25) is 0 Å². The summed E-state index contributed by atoms with van der Waals surface area (Å²) in [7, 11) is 0. The molecule has 0 saturated heterocycles. The summed E-state index contributed by atoms with van der Waals surface area (Å²) < 4.78 is 15.7. The first-order chi connectivity index (χ1) is 12.6. The molecular weight excluding hydrogens is 333 g/mol. The standard InChI is InChI=1S/C19H22FN5O/c1-12-14(15-9-13(20)6-7-16(15)22-12)10-19(26)21-11-18-24-23-17-5-3-2-4-8-25(17)18/h6-7,9,22H,2-5,8,10-11H2,1H3,(H,21,26). The number of carbonyl (C=O) groups is 1. The summed E-state index contributed by atoms with van der Waals surface area (Å²) in [4.78, 5) is 15.7. The molecule has 3 heterocycles. The molecule has 2 aromatic heterocycles. The van der Waals surface area contributed by atoms with E-state index in [0.29, 0.717) is 6.54 Å². The second-order valence-electron chi connectivity index (χ2n) is 6.87. The Labute approximate surface area is 150 Å². The Balaban J connectivity index is 1.46. The summed E-state index contributed by atoms with van der Waals surface area (Å²) in [5.41, 5.74) is 2.56. The van der Waals surface area contributed by atoms with Gasteiger partial charge in [0.15, 0.2) is 5.82 Å². The van der Waals surface area contributed by atoms with E-state index in [1.807, 2.05) is 6.92 Å².